The van der Waals surface area contributed by atoms with E-state index in [1.807, 2.05) is 42.5 Å². The van der Waals surface area contributed by atoms with E-state index in [1.54, 1.807) is 19.2 Å². The standard InChI is InChI=1S/C16H17NO3/c1-19-15-9-5-6-13(12-15)10-11-17-16(18)20-14-7-3-2-4-8-14/h2-9,12H,10-11H2,1H3,(H,17,18). The van der Waals surface area contributed by atoms with E-state index in [9.17, 15) is 4.79 Å². The zero-order chi connectivity index (χ0) is 14.2. The van der Waals surface area contributed by atoms with E-state index >= 15 is 0 Å². The van der Waals surface area contributed by atoms with Crippen LogP contribution in [-0.4, -0.2) is 19.7 Å². The molecule has 4 nitrogen and oxygen atoms in total. The Morgan fingerprint density at radius 3 is 2.55 bits per heavy atom. The highest BCUT2D eigenvalue weighted by atomic mass is 16.6. The summed E-state index contributed by atoms with van der Waals surface area (Å²) < 4.78 is 10.3. The second-order valence-electron chi connectivity index (χ2n) is 4.23. The quantitative estimate of drug-likeness (QED) is 0.909. The Kier molecular flexibility index (Phi) is 5.00. The number of hydrogen-bond acceptors (Lipinski definition) is 3. The zero-order valence-corrected chi connectivity index (χ0v) is 11.3. The van der Waals surface area contributed by atoms with Gasteiger partial charge in [0.15, 0.2) is 0 Å². The lowest BCUT2D eigenvalue weighted by atomic mass is 10.1. The van der Waals surface area contributed by atoms with Gasteiger partial charge in [-0.3, -0.25) is 0 Å². The van der Waals surface area contributed by atoms with Crippen LogP contribution in [0.25, 0.3) is 0 Å². The second kappa shape index (κ2) is 7.19. The van der Waals surface area contributed by atoms with E-state index in [-0.39, 0.29) is 0 Å². The van der Waals surface area contributed by atoms with Gasteiger partial charge in [0.1, 0.15) is 11.5 Å². The number of nitrogens with one attached hydrogen (secondary N) is 1. The first-order chi connectivity index (χ1) is 9.78. The fourth-order valence-corrected chi connectivity index (χ4v) is 1.77. The van der Waals surface area contributed by atoms with Crippen molar-refractivity contribution in [1.82, 2.24) is 5.32 Å². The molecule has 104 valence electrons. The Bertz CT molecular complexity index is 555. The van der Waals surface area contributed by atoms with Gasteiger partial charge in [-0.25, -0.2) is 4.79 Å². The third-order valence-electron chi connectivity index (χ3n) is 2.77. The number of carbonyl (C=O) groups excluding carboxylic acids is 1. The van der Waals surface area contributed by atoms with Gasteiger partial charge in [0.05, 0.1) is 7.11 Å². The highest BCUT2D eigenvalue weighted by Crippen LogP contribution is 2.12. The van der Waals surface area contributed by atoms with Gasteiger partial charge in [-0.1, -0.05) is 30.3 Å². The molecule has 1 amide bonds. The van der Waals surface area contributed by atoms with Gasteiger partial charge in [0, 0.05) is 6.54 Å². The Morgan fingerprint density at radius 2 is 1.80 bits per heavy atom. The summed E-state index contributed by atoms with van der Waals surface area (Å²) in [5, 5.41) is 2.72. The van der Waals surface area contributed by atoms with Crippen molar-refractivity contribution < 1.29 is 14.3 Å². The van der Waals surface area contributed by atoms with Crippen LogP contribution in [0.5, 0.6) is 11.5 Å². The third kappa shape index (κ3) is 4.31. The van der Waals surface area contributed by atoms with Gasteiger partial charge < -0.3 is 14.8 Å². The first-order valence-electron chi connectivity index (χ1n) is 6.41. The average Bonchev–Trinajstić information content (AvgIpc) is 2.48. The molecule has 0 radical (unpaired) electrons. The molecule has 0 aliphatic carbocycles. The minimum atomic E-state index is -0.445. The molecule has 0 bridgehead atoms. The molecular formula is C16H17NO3. The molecule has 2 aromatic rings. The number of rotatable bonds is 5. The molecule has 4 heteroatoms. The lowest BCUT2D eigenvalue weighted by Crippen LogP contribution is -2.28. The van der Waals surface area contributed by atoms with Crippen LogP contribution in [0.1, 0.15) is 5.56 Å². The van der Waals surface area contributed by atoms with Crippen molar-refractivity contribution in [3.8, 4) is 11.5 Å². The molecule has 2 aromatic carbocycles. The summed E-state index contributed by atoms with van der Waals surface area (Å²) in [6.45, 7) is 0.513. The van der Waals surface area contributed by atoms with Crippen LogP contribution in [0.3, 0.4) is 0 Å². The second-order valence-corrected chi connectivity index (χ2v) is 4.23. The maximum Gasteiger partial charge on any atom is 0.412 e. The molecule has 0 aliphatic rings. The average molecular weight is 271 g/mol. The smallest absolute Gasteiger partial charge is 0.412 e. The Morgan fingerprint density at radius 1 is 1.05 bits per heavy atom. The Balaban J connectivity index is 1.76. The predicted octanol–water partition coefficient (Wildman–Crippen LogP) is 3.03. The van der Waals surface area contributed by atoms with Crippen LogP contribution in [-0.2, 0) is 6.42 Å². The maximum atomic E-state index is 11.6. The van der Waals surface area contributed by atoms with Crippen molar-refractivity contribution in [2.75, 3.05) is 13.7 Å². The zero-order valence-electron chi connectivity index (χ0n) is 11.3. The summed E-state index contributed by atoms with van der Waals surface area (Å²) in [5.74, 6) is 1.35. The molecular weight excluding hydrogens is 254 g/mol. The summed E-state index contributed by atoms with van der Waals surface area (Å²) in [6.07, 6.45) is 0.278. The topological polar surface area (TPSA) is 47.6 Å². The number of hydrogen-bond donors (Lipinski definition) is 1. The minimum Gasteiger partial charge on any atom is -0.497 e. The molecule has 0 atom stereocenters. The van der Waals surface area contributed by atoms with Gasteiger partial charge >= 0.3 is 6.09 Å². The molecule has 0 saturated heterocycles. The monoisotopic (exact) mass is 271 g/mol. The third-order valence-corrected chi connectivity index (χ3v) is 2.77. The molecule has 0 fully saturated rings. The normalized spacial score (nSPS) is 9.85. The SMILES string of the molecule is COc1cccc(CCNC(=O)Oc2ccccc2)c1. The van der Waals surface area contributed by atoms with Crippen LogP contribution in [0, 0.1) is 0 Å². The van der Waals surface area contributed by atoms with Crippen molar-refractivity contribution in [3.05, 3.63) is 60.2 Å². The summed E-state index contributed by atoms with van der Waals surface area (Å²) in [7, 11) is 1.63. The van der Waals surface area contributed by atoms with E-state index in [0.717, 1.165) is 17.7 Å². The van der Waals surface area contributed by atoms with Gasteiger partial charge in [0.25, 0.3) is 0 Å². The number of benzene rings is 2. The van der Waals surface area contributed by atoms with Crippen molar-refractivity contribution >= 4 is 6.09 Å². The van der Waals surface area contributed by atoms with Crippen molar-refractivity contribution in [1.29, 1.82) is 0 Å². The van der Waals surface area contributed by atoms with E-state index < -0.39 is 6.09 Å². The number of ether oxygens (including phenoxy) is 2. The van der Waals surface area contributed by atoms with Crippen molar-refractivity contribution in [2.45, 2.75) is 6.42 Å². The molecule has 0 heterocycles. The molecule has 0 aromatic heterocycles. The summed E-state index contributed by atoms with van der Waals surface area (Å²) >= 11 is 0. The molecule has 0 unspecified atom stereocenters. The Labute approximate surface area is 118 Å². The molecule has 1 N–H and O–H groups in total. The maximum absolute atomic E-state index is 11.6. The largest absolute Gasteiger partial charge is 0.497 e. The van der Waals surface area contributed by atoms with E-state index in [4.69, 9.17) is 9.47 Å². The van der Waals surface area contributed by atoms with Crippen molar-refractivity contribution in [2.24, 2.45) is 0 Å². The summed E-state index contributed by atoms with van der Waals surface area (Å²) in [4.78, 5) is 11.6. The predicted molar refractivity (Wildman–Crippen MR) is 77.2 cm³/mol. The number of methoxy groups -OCH3 is 1. The van der Waals surface area contributed by atoms with Gasteiger partial charge in [-0.05, 0) is 36.2 Å². The first-order valence-corrected chi connectivity index (χ1v) is 6.41. The molecule has 0 aliphatic heterocycles. The minimum absolute atomic E-state index is 0.445. The van der Waals surface area contributed by atoms with Crippen LogP contribution in [0.2, 0.25) is 0 Å². The van der Waals surface area contributed by atoms with Crippen LogP contribution in [0.15, 0.2) is 54.6 Å². The molecule has 20 heavy (non-hydrogen) atoms. The van der Waals surface area contributed by atoms with Gasteiger partial charge in [0.2, 0.25) is 0 Å². The van der Waals surface area contributed by atoms with Crippen LogP contribution in [0.4, 0.5) is 4.79 Å². The lowest BCUT2D eigenvalue weighted by molar-refractivity contribution is 0.200. The van der Waals surface area contributed by atoms with Crippen molar-refractivity contribution in [3.63, 3.8) is 0 Å². The number of amides is 1. The highest BCUT2D eigenvalue weighted by molar-refractivity contribution is 5.70. The lowest BCUT2D eigenvalue weighted by Gasteiger charge is -2.07. The first kappa shape index (κ1) is 13.9. The fraction of sp³-hybridized carbons (Fsp3) is 0.188. The van der Waals surface area contributed by atoms with Gasteiger partial charge in [-0.15, -0.1) is 0 Å². The summed E-state index contributed by atoms with van der Waals surface area (Å²) in [5.41, 5.74) is 1.10. The Hall–Kier alpha value is -2.49. The summed E-state index contributed by atoms with van der Waals surface area (Å²) in [6, 6.07) is 16.7. The van der Waals surface area contributed by atoms with Crippen LogP contribution < -0.4 is 14.8 Å². The fourth-order valence-electron chi connectivity index (χ4n) is 1.77. The van der Waals surface area contributed by atoms with E-state index in [1.165, 1.54) is 0 Å². The molecule has 2 rings (SSSR count). The van der Waals surface area contributed by atoms with Gasteiger partial charge in [-0.2, -0.15) is 0 Å². The van der Waals surface area contributed by atoms with Crippen LogP contribution >= 0.6 is 0 Å². The molecule has 0 saturated carbocycles. The molecule has 0 spiro atoms. The van der Waals surface area contributed by atoms with E-state index in [2.05, 4.69) is 5.32 Å². The highest BCUT2D eigenvalue weighted by Gasteiger charge is 2.03. The number of para-hydroxylation sites is 1. The number of carbonyl (C=O) groups is 1. The van der Waals surface area contributed by atoms with E-state index in [0.29, 0.717) is 12.3 Å².